The molecule has 1 fully saturated rings. The van der Waals surface area contributed by atoms with Gasteiger partial charge in [-0.25, -0.2) is 4.98 Å². The number of carbonyl (C=O) groups excluding carboxylic acids is 1. The highest BCUT2D eigenvalue weighted by atomic mass is 16.6. The van der Waals surface area contributed by atoms with Gasteiger partial charge < -0.3 is 5.32 Å². The van der Waals surface area contributed by atoms with Crippen LogP contribution in [0.4, 0.5) is 5.69 Å². The SMILES string of the molecule is C[C@](C#N)(NC(=O)Cn1cnc2ccc([N+](=O)[O-])cc2c1=O)C1CC1. The summed E-state index contributed by atoms with van der Waals surface area (Å²) in [6, 6.07) is 5.90. The van der Waals surface area contributed by atoms with E-state index >= 15 is 0 Å². The van der Waals surface area contributed by atoms with E-state index in [9.17, 15) is 25.0 Å². The van der Waals surface area contributed by atoms with E-state index in [0.29, 0.717) is 5.52 Å². The van der Waals surface area contributed by atoms with E-state index in [4.69, 9.17) is 0 Å². The molecule has 1 N–H and O–H groups in total. The molecule has 0 unspecified atom stereocenters. The number of aromatic nitrogens is 2. The zero-order valence-corrected chi connectivity index (χ0v) is 13.4. The van der Waals surface area contributed by atoms with Crippen LogP contribution in [0, 0.1) is 27.4 Å². The van der Waals surface area contributed by atoms with Crippen LogP contribution in [-0.4, -0.2) is 25.9 Å². The average Bonchev–Trinajstić information content (AvgIpc) is 3.42. The maximum atomic E-state index is 12.5. The molecule has 0 spiro atoms. The Labute approximate surface area is 142 Å². The maximum absolute atomic E-state index is 12.5. The molecule has 9 heteroatoms. The lowest BCUT2D eigenvalue weighted by Crippen LogP contribution is -2.48. The highest BCUT2D eigenvalue weighted by molar-refractivity contribution is 5.81. The number of nitriles is 1. The molecule has 3 rings (SSSR count). The number of non-ortho nitro benzene ring substituents is 1. The number of hydrogen-bond donors (Lipinski definition) is 1. The van der Waals surface area contributed by atoms with Gasteiger partial charge in [-0.05, 0) is 31.7 Å². The Morgan fingerprint density at radius 1 is 1.56 bits per heavy atom. The first-order valence-electron chi connectivity index (χ1n) is 7.70. The minimum absolute atomic E-state index is 0.0646. The van der Waals surface area contributed by atoms with Crippen molar-refractivity contribution in [1.82, 2.24) is 14.9 Å². The van der Waals surface area contributed by atoms with Gasteiger partial charge in [-0.2, -0.15) is 5.26 Å². The summed E-state index contributed by atoms with van der Waals surface area (Å²) < 4.78 is 1.08. The summed E-state index contributed by atoms with van der Waals surface area (Å²) in [5.41, 5.74) is -1.41. The number of nitro groups is 1. The van der Waals surface area contributed by atoms with Crippen molar-refractivity contribution in [2.75, 3.05) is 0 Å². The van der Waals surface area contributed by atoms with Gasteiger partial charge in [0.2, 0.25) is 5.91 Å². The summed E-state index contributed by atoms with van der Waals surface area (Å²) in [4.78, 5) is 39.0. The van der Waals surface area contributed by atoms with Gasteiger partial charge in [0.1, 0.15) is 12.1 Å². The molecule has 1 aromatic carbocycles. The number of hydrogen-bond acceptors (Lipinski definition) is 6. The minimum Gasteiger partial charge on any atom is -0.336 e. The Morgan fingerprint density at radius 3 is 2.88 bits per heavy atom. The number of benzene rings is 1. The largest absolute Gasteiger partial charge is 0.336 e. The lowest BCUT2D eigenvalue weighted by Gasteiger charge is -2.23. The molecule has 9 nitrogen and oxygen atoms in total. The van der Waals surface area contributed by atoms with E-state index in [2.05, 4.69) is 16.4 Å². The molecule has 1 atom stereocenters. The standard InChI is InChI=1S/C16H15N5O4/c1-16(8-17,10-2-3-10)19-14(22)7-20-9-18-13-5-4-11(21(24)25)6-12(13)15(20)23/h4-6,9-10H,2-3,7H2,1H3,(H,19,22)/t16-/m1/s1. The topological polar surface area (TPSA) is 131 Å². The molecule has 128 valence electrons. The van der Waals surface area contributed by atoms with Gasteiger partial charge in [0, 0.05) is 12.1 Å². The number of fused-ring (bicyclic) bond motifs is 1. The van der Waals surface area contributed by atoms with Crippen LogP contribution in [0.1, 0.15) is 19.8 Å². The van der Waals surface area contributed by atoms with Crippen LogP contribution < -0.4 is 10.9 Å². The number of nitrogens with zero attached hydrogens (tertiary/aromatic N) is 4. The van der Waals surface area contributed by atoms with E-state index in [1.807, 2.05) is 0 Å². The summed E-state index contributed by atoms with van der Waals surface area (Å²) in [7, 11) is 0. The van der Waals surface area contributed by atoms with Crippen LogP contribution in [0.25, 0.3) is 10.9 Å². The van der Waals surface area contributed by atoms with Crippen molar-refractivity contribution in [2.45, 2.75) is 31.8 Å². The Bertz CT molecular complexity index is 973. The van der Waals surface area contributed by atoms with Gasteiger partial charge in [0.05, 0.1) is 28.2 Å². The molecular weight excluding hydrogens is 326 g/mol. The molecule has 1 saturated carbocycles. The fraction of sp³-hybridized carbons (Fsp3) is 0.375. The normalized spacial score (nSPS) is 16.0. The van der Waals surface area contributed by atoms with Crippen LogP contribution in [-0.2, 0) is 11.3 Å². The molecule has 1 aromatic heterocycles. The first kappa shape index (κ1) is 16.6. The van der Waals surface area contributed by atoms with E-state index in [1.165, 1.54) is 18.5 Å². The van der Waals surface area contributed by atoms with Crippen molar-refractivity contribution in [1.29, 1.82) is 5.26 Å². The van der Waals surface area contributed by atoms with Crippen molar-refractivity contribution >= 4 is 22.5 Å². The number of carbonyl (C=O) groups is 1. The molecule has 1 aliphatic rings. The Morgan fingerprint density at radius 2 is 2.28 bits per heavy atom. The van der Waals surface area contributed by atoms with Gasteiger partial charge in [-0.3, -0.25) is 24.3 Å². The minimum atomic E-state index is -0.955. The number of nitrogens with one attached hydrogen (secondary N) is 1. The number of rotatable bonds is 5. The highest BCUT2D eigenvalue weighted by Gasteiger charge is 2.43. The maximum Gasteiger partial charge on any atom is 0.270 e. The molecule has 2 aromatic rings. The molecular formula is C16H15N5O4. The second-order valence-electron chi connectivity index (χ2n) is 6.27. The summed E-state index contributed by atoms with van der Waals surface area (Å²) in [5.74, 6) is -0.361. The second-order valence-corrected chi connectivity index (χ2v) is 6.27. The molecule has 0 saturated heterocycles. The zero-order chi connectivity index (χ0) is 18.2. The van der Waals surface area contributed by atoms with Crippen molar-refractivity contribution in [3.63, 3.8) is 0 Å². The summed E-state index contributed by atoms with van der Waals surface area (Å²) in [6.07, 6.45) is 2.98. The van der Waals surface area contributed by atoms with Gasteiger partial charge in [0.15, 0.2) is 0 Å². The molecule has 0 aliphatic heterocycles. The number of nitro benzene ring substituents is 1. The fourth-order valence-corrected chi connectivity index (χ4v) is 2.74. The molecule has 0 bridgehead atoms. The predicted molar refractivity (Wildman–Crippen MR) is 87.5 cm³/mol. The summed E-state index contributed by atoms with van der Waals surface area (Å²) >= 11 is 0. The van der Waals surface area contributed by atoms with Crippen LogP contribution in [0.3, 0.4) is 0 Å². The van der Waals surface area contributed by atoms with E-state index < -0.39 is 21.9 Å². The lowest BCUT2D eigenvalue weighted by atomic mass is 9.98. The van der Waals surface area contributed by atoms with Gasteiger partial charge in [-0.1, -0.05) is 0 Å². The van der Waals surface area contributed by atoms with Crippen molar-refractivity contribution < 1.29 is 9.72 Å². The van der Waals surface area contributed by atoms with Crippen LogP contribution in [0.15, 0.2) is 29.3 Å². The summed E-state index contributed by atoms with van der Waals surface area (Å²) in [6.45, 7) is 1.35. The van der Waals surface area contributed by atoms with Crippen molar-refractivity contribution in [3.05, 3.63) is 45.0 Å². The van der Waals surface area contributed by atoms with Crippen LogP contribution in [0.5, 0.6) is 0 Å². The molecule has 0 radical (unpaired) electrons. The van der Waals surface area contributed by atoms with Crippen molar-refractivity contribution in [3.8, 4) is 6.07 Å². The van der Waals surface area contributed by atoms with Crippen LogP contribution >= 0.6 is 0 Å². The third-order valence-electron chi connectivity index (χ3n) is 4.36. The summed E-state index contributed by atoms with van der Waals surface area (Å²) in [5, 5.41) is 22.9. The third kappa shape index (κ3) is 3.19. The smallest absolute Gasteiger partial charge is 0.270 e. The Kier molecular flexibility index (Phi) is 3.96. The second kappa shape index (κ2) is 5.98. The number of amides is 1. The van der Waals surface area contributed by atoms with Gasteiger partial charge in [-0.15, -0.1) is 0 Å². The third-order valence-corrected chi connectivity index (χ3v) is 4.36. The molecule has 1 aliphatic carbocycles. The molecule has 1 amide bonds. The monoisotopic (exact) mass is 341 g/mol. The quantitative estimate of drug-likeness (QED) is 0.640. The van der Waals surface area contributed by atoms with Gasteiger partial charge >= 0.3 is 0 Å². The van der Waals surface area contributed by atoms with Crippen LogP contribution in [0.2, 0.25) is 0 Å². The predicted octanol–water partition coefficient (Wildman–Crippen LogP) is 1.11. The zero-order valence-electron chi connectivity index (χ0n) is 13.4. The van der Waals surface area contributed by atoms with E-state index in [0.717, 1.165) is 23.5 Å². The first-order chi connectivity index (χ1) is 11.8. The first-order valence-corrected chi connectivity index (χ1v) is 7.70. The van der Waals surface area contributed by atoms with E-state index in [-0.39, 0.29) is 23.5 Å². The molecule has 25 heavy (non-hydrogen) atoms. The Balaban J connectivity index is 1.87. The van der Waals surface area contributed by atoms with E-state index in [1.54, 1.807) is 6.92 Å². The van der Waals surface area contributed by atoms with Crippen molar-refractivity contribution in [2.24, 2.45) is 5.92 Å². The molecule has 1 heterocycles. The fourth-order valence-electron chi connectivity index (χ4n) is 2.74. The average molecular weight is 341 g/mol. The highest BCUT2D eigenvalue weighted by Crippen LogP contribution is 2.39. The Hall–Kier alpha value is -3.28. The van der Waals surface area contributed by atoms with Gasteiger partial charge in [0.25, 0.3) is 11.2 Å². The lowest BCUT2D eigenvalue weighted by molar-refractivity contribution is -0.384.